The fourth-order valence-electron chi connectivity index (χ4n) is 1.61. The number of imide groups is 1. The fourth-order valence-corrected chi connectivity index (χ4v) is 1.61. The number of hydrogen-bond donors (Lipinski definition) is 0. The Hall–Kier alpha value is -2.08. The molecule has 6 heteroatoms. The quantitative estimate of drug-likeness (QED) is 0.576. The van der Waals surface area contributed by atoms with Gasteiger partial charge in [-0.25, -0.2) is 4.39 Å². The molecule has 1 aromatic carbocycles. The van der Waals surface area contributed by atoms with Crippen LogP contribution in [0.3, 0.4) is 0 Å². The van der Waals surface area contributed by atoms with E-state index in [0.717, 1.165) is 11.0 Å². The SMILES string of the molecule is O=C(CN1C(=O)COCC1=O)c1ccccc1F. The van der Waals surface area contributed by atoms with Gasteiger partial charge in [0.2, 0.25) is 0 Å². The number of hydrogen-bond acceptors (Lipinski definition) is 4. The molecule has 18 heavy (non-hydrogen) atoms. The van der Waals surface area contributed by atoms with Crippen LogP contribution < -0.4 is 0 Å². The lowest BCUT2D eigenvalue weighted by Gasteiger charge is -2.24. The van der Waals surface area contributed by atoms with Gasteiger partial charge in [-0.3, -0.25) is 19.3 Å². The van der Waals surface area contributed by atoms with E-state index in [1.165, 1.54) is 18.2 Å². The Balaban J connectivity index is 2.14. The van der Waals surface area contributed by atoms with Crippen molar-refractivity contribution in [1.29, 1.82) is 0 Å². The van der Waals surface area contributed by atoms with Crippen molar-refractivity contribution < 1.29 is 23.5 Å². The van der Waals surface area contributed by atoms with Crippen molar-refractivity contribution in [3.63, 3.8) is 0 Å². The van der Waals surface area contributed by atoms with E-state index >= 15 is 0 Å². The van der Waals surface area contributed by atoms with E-state index in [1.54, 1.807) is 0 Å². The highest BCUT2D eigenvalue weighted by Crippen LogP contribution is 2.09. The summed E-state index contributed by atoms with van der Waals surface area (Å²) in [4.78, 5) is 35.4. The molecular formula is C12H10FNO4. The number of ketones is 1. The standard InChI is InChI=1S/C12H10FNO4/c13-9-4-2-1-3-8(9)10(15)5-14-11(16)6-18-7-12(14)17/h1-4H,5-7H2. The number of morpholine rings is 1. The summed E-state index contributed by atoms with van der Waals surface area (Å²) in [7, 11) is 0. The molecule has 0 aliphatic carbocycles. The van der Waals surface area contributed by atoms with Gasteiger partial charge in [-0.1, -0.05) is 12.1 Å². The first-order valence-corrected chi connectivity index (χ1v) is 5.28. The van der Waals surface area contributed by atoms with E-state index < -0.39 is 30.0 Å². The summed E-state index contributed by atoms with van der Waals surface area (Å²) in [6.45, 7) is -0.936. The highest BCUT2D eigenvalue weighted by Gasteiger charge is 2.29. The Bertz CT molecular complexity index is 499. The predicted molar refractivity (Wildman–Crippen MR) is 58.3 cm³/mol. The maximum Gasteiger partial charge on any atom is 0.255 e. The molecule has 1 saturated heterocycles. The fraction of sp³-hybridized carbons (Fsp3) is 0.250. The summed E-state index contributed by atoms with van der Waals surface area (Å²) in [5, 5.41) is 0. The molecule has 0 spiro atoms. The zero-order valence-corrected chi connectivity index (χ0v) is 9.39. The van der Waals surface area contributed by atoms with Crippen LogP contribution >= 0.6 is 0 Å². The Kier molecular flexibility index (Phi) is 3.47. The van der Waals surface area contributed by atoms with Crippen LogP contribution in [-0.4, -0.2) is 42.3 Å². The lowest BCUT2D eigenvalue weighted by Crippen LogP contribution is -2.48. The van der Waals surface area contributed by atoms with E-state index in [2.05, 4.69) is 0 Å². The van der Waals surface area contributed by atoms with Crippen LogP contribution in [0.5, 0.6) is 0 Å². The third kappa shape index (κ3) is 2.43. The number of benzene rings is 1. The van der Waals surface area contributed by atoms with Crippen LogP contribution in [0, 0.1) is 5.82 Å². The van der Waals surface area contributed by atoms with Gasteiger partial charge < -0.3 is 4.74 Å². The number of carbonyl (C=O) groups is 3. The molecule has 94 valence electrons. The Morgan fingerprint density at radius 3 is 2.44 bits per heavy atom. The maximum atomic E-state index is 13.4. The smallest absolute Gasteiger partial charge is 0.255 e. The molecule has 1 fully saturated rings. The molecule has 2 amide bonds. The first kappa shape index (κ1) is 12.4. The minimum absolute atomic E-state index is 0.135. The van der Waals surface area contributed by atoms with Crippen LogP contribution in [0.2, 0.25) is 0 Å². The van der Waals surface area contributed by atoms with Crippen molar-refractivity contribution in [3.8, 4) is 0 Å². The predicted octanol–water partition coefficient (Wildman–Crippen LogP) is 0.394. The van der Waals surface area contributed by atoms with Crippen molar-refractivity contribution >= 4 is 17.6 Å². The second-order valence-corrected chi connectivity index (χ2v) is 3.77. The van der Waals surface area contributed by atoms with Gasteiger partial charge in [0.15, 0.2) is 5.78 Å². The molecule has 0 aromatic heterocycles. The van der Waals surface area contributed by atoms with E-state index in [4.69, 9.17) is 4.74 Å². The number of carbonyl (C=O) groups excluding carboxylic acids is 3. The second kappa shape index (κ2) is 5.05. The highest BCUT2D eigenvalue weighted by atomic mass is 19.1. The van der Waals surface area contributed by atoms with E-state index in [-0.39, 0.29) is 18.8 Å². The second-order valence-electron chi connectivity index (χ2n) is 3.77. The van der Waals surface area contributed by atoms with E-state index in [0.29, 0.717) is 0 Å². The third-order valence-electron chi connectivity index (χ3n) is 2.53. The number of nitrogens with zero attached hydrogens (tertiary/aromatic N) is 1. The Morgan fingerprint density at radius 2 is 1.83 bits per heavy atom. The van der Waals surface area contributed by atoms with Gasteiger partial charge in [0.05, 0.1) is 12.1 Å². The number of amides is 2. The van der Waals surface area contributed by atoms with Crippen LogP contribution in [-0.2, 0) is 14.3 Å². The van der Waals surface area contributed by atoms with Gasteiger partial charge in [0.25, 0.3) is 11.8 Å². The van der Waals surface area contributed by atoms with Crippen molar-refractivity contribution in [2.24, 2.45) is 0 Å². The van der Waals surface area contributed by atoms with Gasteiger partial charge in [0, 0.05) is 0 Å². The maximum absolute atomic E-state index is 13.4. The number of rotatable bonds is 3. The topological polar surface area (TPSA) is 63.7 Å². The number of Topliss-reactive ketones (excluding diaryl/α,β-unsaturated/α-hetero) is 1. The van der Waals surface area contributed by atoms with E-state index in [1.807, 2.05) is 0 Å². The molecule has 0 bridgehead atoms. The zero-order chi connectivity index (χ0) is 13.1. The highest BCUT2D eigenvalue weighted by molar-refractivity contribution is 6.05. The number of ether oxygens (including phenoxy) is 1. The summed E-state index contributed by atoms with van der Waals surface area (Å²) in [5.41, 5.74) is -0.135. The van der Waals surface area contributed by atoms with Gasteiger partial charge in [-0.05, 0) is 12.1 Å². The summed E-state index contributed by atoms with van der Waals surface area (Å²) >= 11 is 0. The molecule has 1 aliphatic heterocycles. The number of halogens is 1. The Labute approximate surface area is 102 Å². The van der Waals surface area contributed by atoms with Crippen LogP contribution in [0.15, 0.2) is 24.3 Å². The first-order valence-electron chi connectivity index (χ1n) is 5.28. The van der Waals surface area contributed by atoms with E-state index in [9.17, 15) is 18.8 Å². The van der Waals surface area contributed by atoms with Crippen molar-refractivity contribution in [2.45, 2.75) is 0 Å². The average Bonchev–Trinajstić information content (AvgIpc) is 2.34. The van der Waals surface area contributed by atoms with Crippen LogP contribution in [0.1, 0.15) is 10.4 Å². The van der Waals surface area contributed by atoms with Crippen molar-refractivity contribution in [3.05, 3.63) is 35.6 Å². The van der Waals surface area contributed by atoms with Crippen LogP contribution in [0.4, 0.5) is 4.39 Å². The van der Waals surface area contributed by atoms with Crippen molar-refractivity contribution in [1.82, 2.24) is 4.90 Å². The van der Waals surface area contributed by atoms with Crippen LogP contribution in [0.25, 0.3) is 0 Å². The summed E-state index contributed by atoms with van der Waals surface area (Å²) in [6.07, 6.45) is 0. The molecule has 0 radical (unpaired) electrons. The molecular weight excluding hydrogens is 241 g/mol. The molecule has 0 unspecified atom stereocenters. The zero-order valence-electron chi connectivity index (χ0n) is 9.39. The molecule has 0 N–H and O–H groups in total. The average molecular weight is 251 g/mol. The lowest BCUT2D eigenvalue weighted by atomic mass is 10.1. The Morgan fingerprint density at radius 1 is 1.22 bits per heavy atom. The summed E-state index contributed by atoms with van der Waals surface area (Å²) < 4.78 is 18.1. The molecule has 0 atom stereocenters. The summed E-state index contributed by atoms with van der Waals surface area (Å²) in [5.74, 6) is -2.46. The first-order chi connectivity index (χ1) is 8.59. The third-order valence-corrected chi connectivity index (χ3v) is 2.53. The van der Waals surface area contributed by atoms with Gasteiger partial charge >= 0.3 is 0 Å². The van der Waals surface area contributed by atoms with Gasteiger partial charge in [-0.15, -0.1) is 0 Å². The molecule has 2 rings (SSSR count). The van der Waals surface area contributed by atoms with Crippen molar-refractivity contribution in [2.75, 3.05) is 19.8 Å². The monoisotopic (exact) mass is 251 g/mol. The lowest BCUT2D eigenvalue weighted by molar-refractivity contribution is -0.157. The van der Waals surface area contributed by atoms with Gasteiger partial charge in [0.1, 0.15) is 19.0 Å². The molecule has 1 aliphatic rings. The van der Waals surface area contributed by atoms with Gasteiger partial charge in [-0.2, -0.15) is 0 Å². The normalized spacial score (nSPS) is 15.9. The molecule has 1 heterocycles. The summed E-state index contributed by atoms with van der Waals surface area (Å²) in [6, 6.07) is 5.43. The molecule has 0 saturated carbocycles. The minimum atomic E-state index is -0.671. The largest absolute Gasteiger partial charge is 0.362 e. The molecule has 1 aromatic rings. The minimum Gasteiger partial charge on any atom is -0.362 e. The molecule has 5 nitrogen and oxygen atoms in total.